The predicted molar refractivity (Wildman–Crippen MR) is 76.5 cm³/mol. The minimum atomic E-state index is -0.359. The molecule has 0 unspecified atom stereocenters. The molecule has 0 heterocycles. The molecule has 2 N–H and O–H groups in total. The molecular weight excluding hydrogens is 291 g/mol. The Balaban J connectivity index is 2.70. The third-order valence-corrected chi connectivity index (χ3v) is 2.82. The summed E-state index contributed by atoms with van der Waals surface area (Å²) in [4.78, 5) is 11.7. The Bertz CT molecular complexity index is 432. The Labute approximate surface area is 122 Å². The van der Waals surface area contributed by atoms with Crippen LogP contribution in [0.3, 0.4) is 0 Å². The van der Waals surface area contributed by atoms with Gasteiger partial charge in [-0.15, -0.1) is 0 Å². The molecule has 1 rings (SSSR count). The van der Waals surface area contributed by atoms with Crippen LogP contribution < -0.4 is 15.4 Å². The molecule has 1 aromatic carbocycles. The summed E-state index contributed by atoms with van der Waals surface area (Å²) in [6.07, 6.45) is 0. The molecule has 19 heavy (non-hydrogen) atoms. The number of hydrogen-bond acceptors (Lipinski definition) is 3. The van der Waals surface area contributed by atoms with Crippen LogP contribution in [0.15, 0.2) is 12.1 Å². The van der Waals surface area contributed by atoms with Crippen molar-refractivity contribution >= 4 is 34.9 Å². The van der Waals surface area contributed by atoms with E-state index in [2.05, 4.69) is 10.6 Å². The average Bonchev–Trinajstić information content (AvgIpc) is 2.28. The maximum atomic E-state index is 11.7. The van der Waals surface area contributed by atoms with Gasteiger partial charge < -0.3 is 20.1 Å². The van der Waals surface area contributed by atoms with Crippen molar-refractivity contribution in [3.05, 3.63) is 22.2 Å². The zero-order valence-electron chi connectivity index (χ0n) is 10.9. The Morgan fingerprint density at radius 2 is 1.89 bits per heavy atom. The van der Waals surface area contributed by atoms with Gasteiger partial charge in [0.15, 0.2) is 5.75 Å². The molecule has 0 bridgehead atoms. The Kier molecular flexibility index (Phi) is 6.21. The van der Waals surface area contributed by atoms with Gasteiger partial charge in [0.1, 0.15) is 0 Å². The van der Waals surface area contributed by atoms with Crippen LogP contribution in [-0.2, 0) is 4.74 Å². The second-order valence-corrected chi connectivity index (χ2v) is 4.74. The third kappa shape index (κ3) is 4.78. The number of nitrogens with one attached hydrogen (secondary N) is 2. The number of carbonyl (C=O) groups excluding carboxylic acids is 1. The highest BCUT2D eigenvalue weighted by molar-refractivity contribution is 6.37. The zero-order chi connectivity index (χ0) is 14.4. The molecular formula is C12H16Cl2N2O3. The lowest BCUT2D eigenvalue weighted by molar-refractivity contribution is 0.173. The van der Waals surface area contributed by atoms with Crippen molar-refractivity contribution in [1.82, 2.24) is 5.32 Å². The molecule has 0 aliphatic heterocycles. The average molecular weight is 307 g/mol. The quantitative estimate of drug-likeness (QED) is 0.878. The van der Waals surface area contributed by atoms with E-state index in [4.69, 9.17) is 32.7 Å². The van der Waals surface area contributed by atoms with Gasteiger partial charge in [-0.05, 0) is 19.1 Å². The molecule has 106 valence electrons. The van der Waals surface area contributed by atoms with Crippen LogP contribution in [0.2, 0.25) is 10.0 Å². The zero-order valence-corrected chi connectivity index (χ0v) is 12.4. The fourth-order valence-electron chi connectivity index (χ4n) is 1.51. The SMILES string of the molecule is COC[C@H](C)NC(=O)Nc1cc(Cl)c(OC)c(Cl)c1. The molecule has 0 aliphatic carbocycles. The van der Waals surface area contributed by atoms with Crippen molar-refractivity contribution in [3.8, 4) is 5.75 Å². The highest BCUT2D eigenvalue weighted by atomic mass is 35.5. The minimum absolute atomic E-state index is 0.103. The van der Waals surface area contributed by atoms with Crippen LogP contribution in [0.1, 0.15) is 6.92 Å². The van der Waals surface area contributed by atoms with Gasteiger partial charge in [-0.1, -0.05) is 23.2 Å². The van der Waals surface area contributed by atoms with E-state index in [1.54, 1.807) is 19.2 Å². The minimum Gasteiger partial charge on any atom is -0.494 e. The molecule has 0 aromatic heterocycles. The second kappa shape index (κ2) is 7.43. The first-order chi connectivity index (χ1) is 8.97. The maximum absolute atomic E-state index is 11.7. The van der Waals surface area contributed by atoms with E-state index < -0.39 is 0 Å². The summed E-state index contributed by atoms with van der Waals surface area (Å²) in [7, 11) is 3.04. The molecule has 0 spiro atoms. The number of benzene rings is 1. The van der Waals surface area contributed by atoms with E-state index in [1.807, 2.05) is 6.92 Å². The van der Waals surface area contributed by atoms with Crippen molar-refractivity contribution in [1.29, 1.82) is 0 Å². The molecule has 0 saturated carbocycles. The number of amides is 2. The lowest BCUT2D eigenvalue weighted by Gasteiger charge is -2.14. The molecule has 7 heteroatoms. The highest BCUT2D eigenvalue weighted by Gasteiger charge is 2.11. The Morgan fingerprint density at radius 1 is 1.32 bits per heavy atom. The number of rotatable bonds is 5. The standard InChI is InChI=1S/C12H16Cl2N2O3/c1-7(6-18-2)15-12(17)16-8-4-9(13)11(19-3)10(14)5-8/h4-5,7H,6H2,1-3H3,(H2,15,16,17)/t7-/m0/s1. The molecule has 1 aromatic rings. The monoisotopic (exact) mass is 306 g/mol. The molecule has 0 saturated heterocycles. The summed E-state index contributed by atoms with van der Waals surface area (Å²) < 4.78 is 9.95. The molecule has 0 aliphatic rings. The largest absolute Gasteiger partial charge is 0.494 e. The predicted octanol–water partition coefficient (Wildman–Crippen LogP) is 3.16. The topological polar surface area (TPSA) is 59.6 Å². The first-order valence-electron chi connectivity index (χ1n) is 5.57. The number of hydrogen-bond donors (Lipinski definition) is 2. The van der Waals surface area contributed by atoms with Crippen molar-refractivity contribution in [2.75, 3.05) is 26.1 Å². The van der Waals surface area contributed by atoms with E-state index in [0.717, 1.165) is 0 Å². The fourth-order valence-corrected chi connectivity index (χ4v) is 2.15. The van der Waals surface area contributed by atoms with Gasteiger partial charge in [-0.2, -0.15) is 0 Å². The van der Waals surface area contributed by atoms with Gasteiger partial charge in [-0.3, -0.25) is 0 Å². The number of ether oxygens (including phenoxy) is 2. The number of urea groups is 1. The lowest BCUT2D eigenvalue weighted by atomic mass is 10.3. The number of anilines is 1. The molecule has 0 radical (unpaired) electrons. The first-order valence-corrected chi connectivity index (χ1v) is 6.33. The van der Waals surface area contributed by atoms with Crippen molar-refractivity contribution in [2.24, 2.45) is 0 Å². The summed E-state index contributed by atoms with van der Waals surface area (Å²) in [5.74, 6) is 0.377. The Morgan fingerprint density at radius 3 is 2.37 bits per heavy atom. The summed E-state index contributed by atoms with van der Waals surface area (Å²) in [5, 5.41) is 6.00. The van der Waals surface area contributed by atoms with E-state index in [-0.39, 0.29) is 12.1 Å². The number of methoxy groups -OCH3 is 2. The number of carbonyl (C=O) groups is 1. The van der Waals surface area contributed by atoms with Crippen molar-refractivity contribution < 1.29 is 14.3 Å². The first kappa shape index (κ1) is 15.9. The third-order valence-electron chi connectivity index (χ3n) is 2.25. The van der Waals surface area contributed by atoms with Gasteiger partial charge in [0.2, 0.25) is 0 Å². The van der Waals surface area contributed by atoms with Crippen LogP contribution in [-0.4, -0.2) is 32.9 Å². The van der Waals surface area contributed by atoms with Gasteiger partial charge in [-0.25, -0.2) is 4.79 Å². The lowest BCUT2D eigenvalue weighted by Crippen LogP contribution is -2.38. The maximum Gasteiger partial charge on any atom is 0.319 e. The smallest absolute Gasteiger partial charge is 0.319 e. The molecule has 0 fully saturated rings. The van der Waals surface area contributed by atoms with Crippen LogP contribution in [0, 0.1) is 0 Å². The van der Waals surface area contributed by atoms with Gasteiger partial charge in [0.25, 0.3) is 0 Å². The number of halogens is 2. The molecule has 5 nitrogen and oxygen atoms in total. The highest BCUT2D eigenvalue weighted by Crippen LogP contribution is 2.35. The van der Waals surface area contributed by atoms with Crippen LogP contribution in [0.25, 0.3) is 0 Å². The summed E-state index contributed by atoms with van der Waals surface area (Å²) >= 11 is 11.9. The summed E-state index contributed by atoms with van der Waals surface area (Å²) in [5.41, 5.74) is 0.484. The van der Waals surface area contributed by atoms with Gasteiger partial charge >= 0.3 is 6.03 Å². The molecule has 1 atom stereocenters. The van der Waals surface area contributed by atoms with Crippen molar-refractivity contribution in [3.63, 3.8) is 0 Å². The van der Waals surface area contributed by atoms with Crippen LogP contribution >= 0.6 is 23.2 Å². The normalized spacial score (nSPS) is 11.8. The van der Waals surface area contributed by atoms with E-state index >= 15 is 0 Å². The van der Waals surface area contributed by atoms with Crippen LogP contribution in [0.5, 0.6) is 5.75 Å². The Hall–Kier alpha value is -1.17. The summed E-state index contributed by atoms with van der Waals surface area (Å²) in [6.45, 7) is 2.26. The van der Waals surface area contributed by atoms with Crippen LogP contribution in [0.4, 0.5) is 10.5 Å². The van der Waals surface area contributed by atoms with E-state index in [9.17, 15) is 4.79 Å². The van der Waals surface area contributed by atoms with Gasteiger partial charge in [0, 0.05) is 12.8 Å². The van der Waals surface area contributed by atoms with Gasteiger partial charge in [0.05, 0.1) is 29.8 Å². The van der Waals surface area contributed by atoms with E-state index in [0.29, 0.717) is 28.1 Å². The fraction of sp³-hybridized carbons (Fsp3) is 0.417. The second-order valence-electron chi connectivity index (χ2n) is 3.93. The van der Waals surface area contributed by atoms with E-state index in [1.165, 1.54) is 7.11 Å². The van der Waals surface area contributed by atoms with Crippen molar-refractivity contribution in [2.45, 2.75) is 13.0 Å². The molecule has 2 amide bonds. The summed E-state index contributed by atoms with van der Waals surface area (Å²) in [6, 6.07) is 2.66.